The average Bonchev–Trinajstić information content (AvgIpc) is 2.55. The van der Waals surface area contributed by atoms with Crippen LogP contribution in [-0.2, 0) is 10.0 Å². The molecule has 1 saturated heterocycles. The molecule has 2 heterocycles. The molecule has 0 spiro atoms. The molecule has 1 aliphatic heterocycles. The second-order valence-electron chi connectivity index (χ2n) is 5.96. The highest BCUT2D eigenvalue weighted by Gasteiger charge is 2.30. The van der Waals surface area contributed by atoms with E-state index in [1.165, 1.54) is 0 Å². The molecule has 5 nitrogen and oxygen atoms in total. The normalized spacial score (nSPS) is 19.2. The van der Waals surface area contributed by atoms with Crippen LogP contribution in [0.1, 0.15) is 18.5 Å². The van der Waals surface area contributed by atoms with Crippen molar-refractivity contribution < 1.29 is 8.42 Å². The Balaban J connectivity index is 1.74. The van der Waals surface area contributed by atoms with Crippen LogP contribution in [0.25, 0.3) is 0 Å². The molecule has 0 radical (unpaired) electrons. The number of halogens is 1. The first-order chi connectivity index (χ1) is 11.4. The van der Waals surface area contributed by atoms with Crippen LogP contribution in [0.2, 0.25) is 0 Å². The van der Waals surface area contributed by atoms with E-state index in [2.05, 4.69) is 26.2 Å². The van der Waals surface area contributed by atoms with Crippen LogP contribution in [0.5, 0.6) is 0 Å². The number of hydrogen-bond donors (Lipinski definition) is 1. The quantitative estimate of drug-likeness (QED) is 0.839. The third kappa shape index (κ3) is 3.96. The van der Waals surface area contributed by atoms with Crippen LogP contribution < -0.4 is 5.32 Å². The van der Waals surface area contributed by atoms with Gasteiger partial charge in [0.15, 0.2) is 0 Å². The molecule has 3 rings (SSSR count). The van der Waals surface area contributed by atoms with Gasteiger partial charge in [-0.1, -0.05) is 22.0 Å². The molecule has 0 bridgehead atoms. The lowest BCUT2D eigenvalue weighted by Gasteiger charge is -2.32. The summed E-state index contributed by atoms with van der Waals surface area (Å²) in [6.07, 6.45) is 1.77. The molecule has 1 N–H and O–H groups in total. The topological polar surface area (TPSA) is 62.3 Å². The third-order valence-corrected chi connectivity index (χ3v) is 6.48. The number of pyridine rings is 1. The highest BCUT2D eigenvalue weighted by Crippen LogP contribution is 2.23. The molecule has 128 valence electrons. The zero-order valence-corrected chi connectivity index (χ0v) is 15.8. The van der Waals surface area contributed by atoms with E-state index in [1.54, 1.807) is 28.6 Å². The molecular formula is C17H20BrN3O2S. The van der Waals surface area contributed by atoms with Crippen LogP contribution in [0.3, 0.4) is 0 Å². The first-order valence-corrected chi connectivity index (χ1v) is 10.1. The monoisotopic (exact) mass is 409 g/mol. The van der Waals surface area contributed by atoms with Crippen molar-refractivity contribution in [2.45, 2.75) is 30.7 Å². The Kier molecular flexibility index (Phi) is 5.22. The van der Waals surface area contributed by atoms with Crippen molar-refractivity contribution in [1.29, 1.82) is 0 Å². The summed E-state index contributed by atoms with van der Waals surface area (Å²) in [4.78, 5) is 4.77. The van der Waals surface area contributed by atoms with Crippen molar-refractivity contribution in [2.75, 3.05) is 18.4 Å². The van der Waals surface area contributed by atoms with E-state index in [0.29, 0.717) is 18.0 Å². The summed E-state index contributed by atoms with van der Waals surface area (Å²) in [5.41, 5.74) is 0.940. The molecule has 1 aromatic carbocycles. The van der Waals surface area contributed by atoms with Gasteiger partial charge in [0.05, 0.1) is 4.90 Å². The summed E-state index contributed by atoms with van der Waals surface area (Å²) in [6, 6.07) is 12.7. The van der Waals surface area contributed by atoms with Crippen molar-refractivity contribution in [2.24, 2.45) is 0 Å². The maximum atomic E-state index is 12.8. The van der Waals surface area contributed by atoms with Gasteiger partial charge in [0.1, 0.15) is 5.82 Å². The van der Waals surface area contributed by atoms with Gasteiger partial charge in [-0.2, -0.15) is 4.31 Å². The number of aryl methyl sites for hydroxylation is 1. The van der Waals surface area contributed by atoms with E-state index >= 15 is 0 Å². The number of piperidine rings is 1. The van der Waals surface area contributed by atoms with E-state index in [1.807, 2.05) is 25.1 Å². The van der Waals surface area contributed by atoms with Crippen molar-refractivity contribution in [3.8, 4) is 0 Å². The Hall–Kier alpha value is -1.44. The van der Waals surface area contributed by atoms with Crippen molar-refractivity contribution in [1.82, 2.24) is 9.29 Å². The lowest BCUT2D eigenvalue weighted by molar-refractivity contribution is 0.326. The fourth-order valence-corrected chi connectivity index (χ4v) is 4.65. The number of anilines is 1. The zero-order valence-electron chi connectivity index (χ0n) is 13.4. The first-order valence-electron chi connectivity index (χ1n) is 7.91. The Bertz CT molecular complexity index is 809. The van der Waals surface area contributed by atoms with Crippen LogP contribution in [0, 0.1) is 6.92 Å². The molecule has 2 aromatic rings. The second kappa shape index (κ2) is 7.21. The fraction of sp³-hybridized carbons (Fsp3) is 0.353. The number of aromatic nitrogens is 1. The summed E-state index contributed by atoms with van der Waals surface area (Å²) in [6.45, 7) is 2.95. The maximum absolute atomic E-state index is 12.8. The summed E-state index contributed by atoms with van der Waals surface area (Å²) >= 11 is 3.34. The van der Waals surface area contributed by atoms with Crippen molar-refractivity contribution in [3.63, 3.8) is 0 Å². The van der Waals surface area contributed by atoms with Gasteiger partial charge in [-0.15, -0.1) is 0 Å². The maximum Gasteiger partial charge on any atom is 0.243 e. The standard InChI is InChI=1S/C17H20BrN3O2S/c1-13-4-2-6-17(19-13)20-15-5-3-11-21(12-15)24(22,23)16-9-7-14(18)8-10-16/h2,4,6-10,15H,3,5,11-12H2,1H3,(H,19,20). The summed E-state index contributed by atoms with van der Waals surface area (Å²) in [7, 11) is -3.46. The SMILES string of the molecule is Cc1cccc(NC2CCCN(S(=O)(=O)c3ccc(Br)cc3)C2)n1. The minimum atomic E-state index is -3.46. The van der Waals surface area contributed by atoms with Gasteiger partial charge in [-0.3, -0.25) is 0 Å². The van der Waals surface area contributed by atoms with E-state index in [-0.39, 0.29) is 6.04 Å². The van der Waals surface area contributed by atoms with Gasteiger partial charge in [0, 0.05) is 29.3 Å². The van der Waals surface area contributed by atoms with E-state index in [9.17, 15) is 8.42 Å². The van der Waals surface area contributed by atoms with Gasteiger partial charge in [-0.05, 0) is 56.2 Å². The molecule has 1 atom stereocenters. The van der Waals surface area contributed by atoms with E-state index in [0.717, 1.165) is 28.8 Å². The average molecular weight is 410 g/mol. The van der Waals surface area contributed by atoms with Crippen LogP contribution in [0.15, 0.2) is 51.8 Å². The summed E-state index contributed by atoms with van der Waals surface area (Å²) < 4.78 is 28.1. The van der Waals surface area contributed by atoms with Crippen LogP contribution in [-0.4, -0.2) is 36.8 Å². The van der Waals surface area contributed by atoms with Gasteiger partial charge in [-0.25, -0.2) is 13.4 Å². The minimum Gasteiger partial charge on any atom is -0.366 e. The summed E-state index contributed by atoms with van der Waals surface area (Å²) in [5, 5.41) is 3.36. The van der Waals surface area contributed by atoms with Crippen LogP contribution >= 0.6 is 15.9 Å². The van der Waals surface area contributed by atoms with Crippen molar-refractivity contribution in [3.05, 3.63) is 52.6 Å². The highest BCUT2D eigenvalue weighted by atomic mass is 79.9. The molecule has 7 heteroatoms. The molecule has 1 aliphatic rings. The van der Waals surface area contributed by atoms with E-state index in [4.69, 9.17) is 0 Å². The molecule has 0 aliphatic carbocycles. The molecule has 1 unspecified atom stereocenters. The van der Waals surface area contributed by atoms with Gasteiger partial charge in [0.2, 0.25) is 10.0 Å². The molecule has 0 saturated carbocycles. The number of sulfonamides is 1. The lowest BCUT2D eigenvalue weighted by Crippen LogP contribution is -2.45. The minimum absolute atomic E-state index is 0.0678. The molecule has 1 aromatic heterocycles. The Morgan fingerprint density at radius 3 is 2.67 bits per heavy atom. The Morgan fingerprint density at radius 1 is 1.21 bits per heavy atom. The van der Waals surface area contributed by atoms with Crippen LogP contribution in [0.4, 0.5) is 5.82 Å². The third-order valence-electron chi connectivity index (χ3n) is 4.08. The van der Waals surface area contributed by atoms with Gasteiger partial charge < -0.3 is 5.32 Å². The predicted octanol–water partition coefficient (Wildman–Crippen LogP) is 3.42. The zero-order chi connectivity index (χ0) is 17.2. The van der Waals surface area contributed by atoms with Gasteiger partial charge >= 0.3 is 0 Å². The fourth-order valence-electron chi connectivity index (χ4n) is 2.87. The van der Waals surface area contributed by atoms with E-state index < -0.39 is 10.0 Å². The number of benzene rings is 1. The number of nitrogens with zero attached hydrogens (tertiary/aromatic N) is 2. The molecule has 24 heavy (non-hydrogen) atoms. The second-order valence-corrected chi connectivity index (χ2v) is 8.82. The van der Waals surface area contributed by atoms with Crippen molar-refractivity contribution >= 4 is 31.8 Å². The molecular weight excluding hydrogens is 390 g/mol. The first kappa shape index (κ1) is 17.4. The smallest absolute Gasteiger partial charge is 0.243 e. The number of hydrogen-bond acceptors (Lipinski definition) is 4. The highest BCUT2D eigenvalue weighted by molar-refractivity contribution is 9.10. The predicted molar refractivity (Wildman–Crippen MR) is 98.5 cm³/mol. The Morgan fingerprint density at radius 2 is 1.96 bits per heavy atom. The molecule has 1 fully saturated rings. The lowest BCUT2D eigenvalue weighted by atomic mass is 10.1. The number of nitrogens with one attached hydrogen (secondary N) is 1. The Labute approximate surface area is 151 Å². The molecule has 0 amide bonds. The summed E-state index contributed by atoms with van der Waals surface area (Å²) in [5.74, 6) is 0.794. The van der Waals surface area contributed by atoms with Gasteiger partial charge in [0.25, 0.3) is 0 Å². The number of rotatable bonds is 4. The largest absolute Gasteiger partial charge is 0.366 e.